The van der Waals surface area contributed by atoms with Crippen molar-refractivity contribution in [1.82, 2.24) is 9.78 Å². The molecule has 6 heteroatoms. The summed E-state index contributed by atoms with van der Waals surface area (Å²) in [5.41, 5.74) is 7.37. The SMILES string of the molecule is Cc1nn(CC(F)(F)F)c(C)c1CCN. The third-order valence-electron chi connectivity index (χ3n) is 2.25. The number of halogens is 3. The van der Waals surface area contributed by atoms with E-state index in [-0.39, 0.29) is 0 Å². The molecule has 0 aromatic carbocycles. The van der Waals surface area contributed by atoms with Crippen molar-refractivity contribution >= 4 is 0 Å². The van der Waals surface area contributed by atoms with Gasteiger partial charge in [-0.15, -0.1) is 0 Å². The summed E-state index contributed by atoms with van der Waals surface area (Å²) in [6.45, 7) is 2.71. The molecule has 0 saturated heterocycles. The highest BCUT2D eigenvalue weighted by Crippen LogP contribution is 2.21. The smallest absolute Gasteiger partial charge is 0.330 e. The number of aryl methyl sites for hydroxylation is 1. The lowest BCUT2D eigenvalue weighted by molar-refractivity contribution is -0.142. The Hall–Kier alpha value is -1.04. The summed E-state index contributed by atoms with van der Waals surface area (Å²) in [6.07, 6.45) is -3.67. The third-order valence-corrected chi connectivity index (χ3v) is 2.25. The van der Waals surface area contributed by atoms with Crippen LogP contribution in [0.15, 0.2) is 0 Å². The molecule has 0 bridgehead atoms. The van der Waals surface area contributed by atoms with Gasteiger partial charge in [0.05, 0.1) is 5.69 Å². The first kappa shape index (κ1) is 12.0. The Morgan fingerprint density at radius 1 is 1.33 bits per heavy atom. The lowest BCUT2D eigenvalue weighted by Crippen LogP contribution is -2.19. The van der Waals surface area contributed by atoms with E-state index in [9.17, 15) is 13.2 Å². The van der Waals surface area contributed by atoms with E-state index >= 15 is 0 Å². The molecule has 1 aromatic heterocycles. The Labute approximate surface area is 86.1 Å². The standard InChI is InChI=1S/C9H14F3N3/c1-6-8(3-4-13)7(2)15(14-6)5-9(10,11)12/h3-5,13H2,1-2H3. The topological polar surface area (TPSA) is 43.8 Å². The first-order chi connectivity index (χ1) is 6.85. The van der Waals surface area contributed by atoms with Gasteiger partial charge in [-0.05, 0) is 32.4 Å². The normalized spacial score (nSPS) is 12.1. The number of hydrogen-bond acceptors (Lipinski definition) is 2. The summed E-state index contributed by atoms with van der Waals surface area (Å²) in [5.74, 6) is 0. The van der Waals surface area contributed by atoms with Crippen LogP contribution in [0.2, 0.25) is 0 Å². The predicted molar refractivity (Wildman–Crippen MR) is 50.5 cm³/mol. The molecule has 0 fully saturated rings. The number of hydrogen-bond donors (Lipinski definition) is 1. The molecule has 0 spiro atoms. The molecule has 0 radical (unpaired) electrons. The average Bonchev–Trinajstić information content (AvgIpc) is 2.30. The van der Waals surface area contributed by atoms with Crippen molar-refractivity contribution in [3.05, 3.63) is 17.0 Å². The molecule has 0 aliphatic heterocycles. The molecule has 0 unspecified atom stereocenters. The molecule has 1 aromatic rings. The molecular formula is C9H14F3N3. The van der Waals surface area contributed by atoms with Gasteiger partial charge in [0.1, 0.15) is 6.54 Å². The van der Waals surface area contributed by atoms with Crippen molar-refractivity contribution in [2.45, 2.75) is 33.0 Å². The fraction of sp³-hybridized carbons (Fsp3) is 0.667. The Morgan fingerprint density at radius 3 is 2.40 bits per heavy atom. The summed E-state index contributed by atoms with van der Waals surface area (Å²) in [6, 6.07) is 0. The van der Waals surface area contributed by atoms with Gasteiger partial charge in [-0.3, -0.25) is 4.68 Å². The van der Waals surface area contributed by atoms with Crippen molar-refractivity contribution in [2.75, 3.05) is 6.54 Å². The minimum Gasteiger partial charge on any atom is -0.330 e. The van der Waals surface area contributed by atoms with Crippen molar-refractivity contribution in [3.63, 3.8) is 0 Å². The summed E-state index contributed by atoms with van der Waals surface area (Å²) in [7, 11) is 0. The zero-order valence-corrected chi connectivity index (χ0v) is 8.73. The summed E-state index contributed by atoms with van der Waals surface area (Å²) >= 11 is 0. The van der Waals surface area contributed by atoms with E-state index in [0.29, 0.717) is 24.4 Å². The summed E-state index contributed by atoms with van der Waals surface area (Å²) in [4.78, 5) is 0. The highest BCUT2D eigenvalue weighted by Gasteiger charge is 2.29. The maximum atomic E-state index is 12.2. The van der Waals surface area contributed by atoms with Crippen LogP contribution in [-0.4, -0.2) is 22.5 Å². The second-order valence-corrected chi connectivity index (χ2v) is 3.46. The van der Waals surface area contributed by atoms with E-state index < -0.39 is 12.7 Å². The van der Waals surface area contributed by atoms with Crippen molar-refractivity contribution in [2.24, 2.45) is 5.73 Å². The average molecular weight is 221 g/mol. The number of alkyl halides is 3. The van der Waals surface area contributed by atoms with Crippen molar-refractivity contribution in [1.29, 1.82) is 0 Å². The van der Waals surface area contributed by atoms with E-state index in [1.54, 1.807) is 13.8 Å². The van der Waals surface area contributed by atoms with Gasteiger partial charge < -0.3 is 5.73 Å². The van der Waals surface area contributed by atoms with E-state index in [1.807, 2.05) is 0 Å². The quantitative estimate of drug-likeness (QED) is 0.841. The molecule has 0 amide bonds. The molecule has 0 saturated carbocycles. The van der Waals surface area contributed by atoms with Crippen LogP contribution in [-0.2, 0) is 13.0 Å². The van der Waals surface area contributed by atoms with Crippen LogP contribution in [0.3, 0.4) is 0 Å². The fourth-order valence-electron chi connectivity index (χ4n) is 1.56. The van der Waals surface area contributed by atoms with Gasteiger partial charge in [-0.25, -0.2) is 0 Å². The first-order valence-corrected chi connectivity index (χ1v) is 4.65. The molecule has 0 atom stereocenters. The minimum atomic E-state index is -4.23. The van der Waals surface area contributed by atoms with Gasteiger partial charge in [0, 0.05) is 5.69 Å². The number of rotatable bonds is 3. The molecule has 3 nitrogen and oxygen atoms in total. The molecule has 2 N–H and O–H groups in total. The lowest BCUT2D eigenvalue weighted by atomic mass is 10.1. The van der Waals surface area contributed by atoms with E-state index in [4.69, 9.17) is 5.73 Å². The molecule has 0 aliphatic carbocycles. The maximum Gasteiger partial charge on any atom is 0.408 e. The number of nitrogens with zero attached hydrogens (tertiary/aromatic N) is 2. The summed E-state index contributed by atoms with van der Waals surface area (Å²) in [5, 5.41) is 3.86. The van der Waals surface area contributed by atoms with Gasteiger partial charge in [-0.1, -0.05) is 0 Å². The van der Waals surface area contributed by atoms with Crippen LogP contribution >= 0.6 is 0 Å². The maximum absolute atomic E-state index is 12.2. The van der Waals surface area contributed by atoms with E-state index in [2.05, 4.69) is 5.10 Å². The van der Waals surface area contributed by atoms with Crippen LogP contribution in [0.4, 0.5) is 13.2 Å². The highest BCUT2D eigenvalue weighted by atomic mass is 19.4. The van der Waals surface area contributed by atoms with Gasteiger partial charge >= 0.3 is 6.18 Å². The van der Waals surface area contributed by atoms with Crippen LogP contribution in [0.25, 0.3) is 0 Å². The molecule has 1 heterocycles. The molecular weight excluding hydrogens is 207 g/mol. The fourth-order valence-corrected chi connectivity index (χ4v) is 1.56. The second-order valence-electron chi connectivity index (χ2n) is 3.46. The second kappa shape index (κ2) is 4.22. The largest absolute Gasteiger partial charge is 0.408 e. The summed E-state index contributed by atoms with van der Waals surface area (Å²) < 4.78 is 37.5. The molecule has 86 valence electrons. The third kappa shape index (κ3) is 2.95. The van der Waals surface area contributed by atoms with Crippen molar-refractivity contribution in [3.8, 4) is 0 Å². The van der Waals surface area contributed by atoms with Crippen LogP contribution < -0.4 is 5.73 Å². The van der Waals surface area contributed by atoms with Crippen molar-refractivity contribution < 1.29 is 13.2 Å². The van der Waals surface area contributed by atoms with Gasteiger partial charge in [-0.2, -0.15) is 18.3 Å². The Balaban J connectivity index is 2.96. The number of nitrogens with two attached hydrogens (primary N) is 1. The van der Waals surface area contributed by atoms with Crippen LogP contribution in [0.5, 0.6) is 0 Å². The predicted octanol–water partition coefficient (Wildman–Crippen LogP) is 1.56. The van der Waals surface area contributed by atoms with Gasteiger partial charge in [0.25, 0.3) is 0 Å². The zero-order chi connectivity index (χ0) is 11.6. The van der Waals surface area contributed by atoms with E-state index in [0.717, 1.165) is 10.2 Å². The minimum absolute atomic E-state index is 0.416. The van der Waals surface area contributed by atoms with Gasteiger partial charge in [0.2, 0.25) is 0 Å². The van der Waals surface area contributed by atoms with E-state index in [1.165, 1.54) is 0 Å². The molecule has 1 rings (SSSR count). The van der Waals surface area contributed by atoms with Gasteiger partial charge in [0.15, 0.2) is 0 Å². The molecule has 15 heavy (non-hydrogen) atoms. The number of aromatic nitrogens is 2. The first-order valence-electron chi connectivity index (χ1n) is 4.65. The Bertz CT molecular complexity index is 341. The van der Waals surface area contributed by atoms with Crippen LogP contribution in [0.1, 0.15) is 17.0 Å². The Morgan fingerprint density at radius 2 is 1.93 bits per heavy atom. The monoisotopic (exact) mass is 221 g/mol. The molecule has 0 aliphatic rings. The lowest BCUT2D eigenvalue weighted by Gasteiger charge is -2.08. The van der Waals surface area contributed by atoms with Crippen LogP contribution in [0, 0.1) is 13.8 Å². The zero-order valence-electron chi connectivity index (χ0n) is 8.73. The Kier molecular flexibility index (Phi) is 3.38. The highest BCUT2D eigenvalue weighted by molar-refractivity contribution is 5.24.